The minimum absolute atomic E-state index is 0.249. The van der Waals surface area contributed by atoms with Gasteiger partial charge in [0.05, 0.1) is 11.1 Å². The quantitative estimate of drug-likeness (QED) is 0.776. The average molecular weight is 302 g/mol. The van der Waals surface area contributed by atoms with Crippen LogP contribution in [0.15, 0.2) is 42.5 Å². The van der Waals surface area contributed by atoms with E-state index in [9.17, 15) is 14.4 Å². The first kappa shape index (κ1) is 15.0. The molecule has 0 bridgehead atoms. The van der Waals surface area contributed by atoms with E-state index in [1.165, 1.54) is 0 Å². The Hall–Kier alpha value is -3.35. The Balaban J connectivity index is 2.61. The van der Waals surface area contributed by atoms with E-state index in [2.05, 4.69) is 0 Å². The second-order valence-electron chi connectivity index (χ2n) is 4.22. The third-order valence-electron chi connectivity index (χ3n) is 2.78. The molecule has 112 valence electrons. The highest BCUT2D eigenvalue weighted by atomic mass is 16.5. The third-order valence-corrected chi connectivity index (χ3v) is 2.78. The molecule has 0 saturated carbocycles. The number of benzene rings is 2. The summed E-state index contributed by atoms with van der Waals surface area (Å²) in [6.45, 7) is 0. The fraction of sp³-hybridized carbons (Fsp3) is 0. The Labute approximate surface area is 124 Å². The van der Waals surface area contributed by atoms with Crippen LogP contribution >= 0.6 is 0 Å². The van der Waals surface area contributed by atoms with Gasteiger partial charge in [0.1, 0.15) is 17.1 Å². The van der Waals surface area contributed by atoms with E-state index in [1.54, 1.807) is 30.3 Å². The summed E-state index contributed by atoms with van der Waals surface area (Å²) in [6.07, 6.45) is 0. The van der Waals surface area contributed by atoms with Gasteiger partial charge in [0.25, 0.3) is 0 Å². The fourth-order valence-corrected chi connectivity index (χ4v) is 1.80. The zero-order valence-corrected chi connectivity index (χ0v) is 11.0. The molecule has 0 aliphatic heterocycles. The molecule has 0 saturated heterocycles. The molecule has 0 unspecified atom stereocenters. The zero-order chi connectivity index (χ0) is 16.3. The minimum atomic E-state index is -1.54. The average Bonchev–Trinajstić information content (AvgIpc) is 2.47. The number of carbonyl (C=O) groups is 3. The second kappa shape index (κ2) is 5.96. The molecule has 0 heterocycles. The summed E-state index contributed by atoms with van der Waals surface area (Å²) in [4.78, 5) is 33.5. The van der Waals surface area contributed by atoms with Gasteiger partial charge in [-0.05, 0) is 24.3 Å². The second-order valence-corrected chi connectivity index (χ2v) is 4.22. The maximum absolute atomic E-state index is 11.2. The smallest absolute Gasteiger partial charge is 0.339 e. The van der Waals surface area contributed by atoms with Crippen molar-refractivity contribution in [3.63, 3.8) is 0 Å². The van der Waals surface area contributed by atoms with E-state index >= 15 is 0 Å². The highest BCUT2D eigenvalue weighted by Crippen LogP contribution is 2.29. The van der Waals surface area contributed by atoms with Gasteiger partial charge in [-0.3, -0.25) is 0 Å². The molecule has 0 aliphatic rings. The van der Waals surface area contributed by atoms with Gasteiger partial charge in [-0.15, -0.1) is 0 Å². The van der Waals surface area contributed by atoms with Gasteiger partial charge in [0, 0.05) is 0 Å². The molecule has 0 atom stereocenters. The van der Waals surface area contributed by atoms with Crippen molar-refractivity contribution in [2.24, 2.45) is 0 Å². The molecule has 3 N–H and O–H groups in total. The molecule has 2 aromatic rings. The summed E-state index contributed by atoms with van der Waals surface area (Å²) in [7, 11) is 0. The SMILES string of the molecule is O=C(O)c1cc(C(=O)O)c(C(=O)O)cc1Oc1ccccc1. The Morgan fingerprint density at radius 2 is 1.23 bits per heavy atom. The summed E-state index contributed by atoms with van der Waals surface area (Å²) in [5.74, 6) is -4.41. The highest BCUT2D eigenvalue weighted by Gasteiger charge is 2.23. The van der Waals surface area contributed by atoms with Crippen molar-refractivity contribution in [1.29, 1.82) is 0 Å². The Bertz CT molecular complexity index is 750. The van der Waals surface area contributed by atoms with Crippen molar-refractivity contribution in [1.82, 2.24) is 0 Å². The lowest BCUT2D eigenvalue weighted by atomic mass is 10.0. The largest absolute Gasteiger partial charge is 0.478 e. The van der Waals surface area contributed by atoms with E-state index in [0.29, 0.717) is 5.75 Å². The van der Waals surface area contributed by atoms with Crippen LogP contribution in [0.4, 0.5) is 0 Å². The van der Waals surface area contributed by atoms with Crippen LogP contribution in [-0.4, -0.2) is 33.2 Å². The summed E-state index contributed by atoms with van der Waals surface area (Å²) in [5, 5.41) is 27.2. The number of para-hydroxylation sites is 1. The molecule has 0 fully saturated rings. The number of carboxylic acid groups (broad SMARTS) is 3. The first-order valence-corrected chi connectivity index (χ1v) is 6.01. The first-order valence-electron chi connectivity index (χ1n) is 6.01. The number of carboxylic acids is 3. The summed E-state index contributed by atoms with van der Waals surface area (Å²) in [6, 6.07) is 9.79. The molecule has 0 spiro atoms. The van der Waals surface area contributed by atoms with Crippen molar-refractivity contribution >= 4 is 17.9 Å². The van der Waals surface area contributed by atoms with Crippen molar-refractivity contribution in [2.45, 2.75) is 0 Å². The maximum atomic E-state index is 11.2. The number of hydrogen-bond donors (Lipinski definition) is 3. The first-order chi connectivity index (χ1) is 10.4. The molecule has 0 radical (unpaired) electrons. The third kappa shape index (κ3) is 3.04. The van der Waals surface area contributed by atoms with E-state index in [-0.39, 0.29) is 5.75 Å². The van der Waals surface area contributed by atoms with E-state index in [1.807, 2.05) is 0 Å². The topological polar surface area (TPSA) is 121 Å². The lowest BCUT2D eigenvalue weighted by Crippen LogP contribution is -2.11. The Morgan fingerprint density at radius 1 is 0.727 bits per heavy atom. The van der Waals surface area contributed by atoms with Gasteiger partial charge in [-0.2, -0.15) is 0 Å². The molecule has 22 heavy (non-hydrogen) atoms. The van der Waals surface area contributed by atoms with Crippen LogP contribution in [0.5, 0.6) is 11.5 Å². The van der Waals surface area contributed by atoms with Crippen LogP contribution in [0, 0.1) is 0 Å². The van der Waals surface area contributed by atoms with Crippen molar-refractivity contribution in [2.75, 3.05) is 0 Å². The van der Waals surface area contributed by atoms with Gasteiger partial charge in [0.15, 0.2) is 0 Å². The number of rotatable bonds is 5. The number of ether oxygens (including phenoxy) is 1. The minimum Gasteiger partial charge on any atom is -0.478 e. The number of aromatic carboxylic acids is 3. The number of hydrogen-bond acceptors (Lipinski definition) is 4. The molecular formula is C15H10O7. The lowest BCUT2D eigenvalue weighted by Gasteiger charge is -2.11. The molecule has 0 amide bonds. The normalized spacial score (nSPS) is 10.0. The summed E-state index contributed by atoms with van der Waals surface area (Å²) < 4.78 is 5.36. The van der Waals surface area contributed by atoms with Crippen molar-refractivity contribution in [3.05, 3.63) is 59.2 Å². The molecular weight excluding hydrogens is 292 g/mol. The van der Waals surface area contributed by atoms with Crippen LogP contribution in [0.3, 0.4) is 0 Å². The monoisotopic (exact) mass is 302 g/mol. The predicted molar refractivity (Wildman–Crippen MR) is 73.8 cm³/mol. The molecule has 0 aromatic heterocycles. The summed E-state index contributed by atoms with van der Waals surface area (Å²) in [5.41, 5.74) is -1.61. The van der Waals surface area contributed by atoms with Crippen LogP contribution < -0.4 is 4.74 Å². The lowest BCUT2D eigenvalue weighted by molar-refractivity contribution is 0.0648. The van der Waals surface area contributed by atoms with E-state index in [0.717, 1.165) is 12.1 Å². The molecule has 7 heteroatoms. The van der Waals surface area contributed by atoms with Crippen LogP contribution in [0.1, 0.15) is 31.1 Å². The molecule has 2 aromatic carbocycles. The molecule has 2 rings (SSSR count). The highest BCUT2D eigenvalue weighted by molar-refractivity contribution is 6.05. The zero-order valence-electron chi connectivity index (χ0n) is 11.0. The van der Waals surface area contributed by atoms with Crippen LogP contribution in [0.2, 0.25) is 0 Å². The van der Waals surface area contributed by atoms with Crippen LogP contribution in [-0.2, 0) is 0 Å². The van der Waals surface area contributed by atoms with Gasteiger partial charge in [-0.25, -0.2) is 14.4 Å². The maximum Gasteiger partial charge on any atom is 0.339 e. The van der Waals surface area contributed by atoms with Gasteiger partial charge >= 0.3 is 17.9 Å². The van der Waals surface area contributed by atoms with E-state index in [4.69, 9.17) is 20.1 Å². The van der Waals surface area contributed by atoms with E-state index < -0.39 is 34.6 Å². The van der Waals surface area contributed by atoms with Gasteiger partial charge < -0.3 is 20.1 Å². The predicted octanol–water partition coefficient (Wildman–Crippen LogP) is 2.57. The molecule has 7 nitrogen and oxygen atoms in total. The fourth-order valence-electron chi connectivity index (χ4n) is 1.80. The van der Waals surface area contributed by atoms with Gasteiger partial charge in [0.2, 0.25) is 0 Å². The Kier molecular flexibility index (Phi) is 4.08. The molecule has 0 aliphatic carbocycles. The summed E-state index contributed by atoms with van der Waals surface area (Å²) >= 11 is 0. The van der Waals surface area contributed by atoms with Gasteiger partial charge in [-0.1, -0.05) is 18.2 Å². The van der Waals surface area contributed by atoms with Crippen molar-refractivity contribution < 1.29 is 34.4 Å². The van der Waals surface area contributed by atoms with Crippen LogP contribution in [0.25, 0.3) is 0 Å². The van der Waals surface area contributed by atoms with Crippen molar-refractivity contribution in [3.8, 4) is 11.5 Å². The Morgan fingerprint density at radius 3 is 1.73 bits per heavy atom. The standard InChI is InChI=1S/C15H10O7/c16-13(17)9-6-11(15(20)21)12(7-10(9)14(18)19)22-8-4-2-1-3-5-8/h1-7H,(H,16,17)(H,18,19)(H,20,21).